The fraction of sp³-hybridized carbons (Fsp3) is 0.474. The molecule has 3 rings (SSSR count). The summed E-state index contributed by atoms with van der Waals surface area (Å²) in [5.41, 5.74) is 3.16. The maximum Gasteiger partial charge on any atom is 0.229 e. The Morgan fingerprint density at radius 2 is 1.88 bits per heavy atom. The second kappa shape index (κ2) is 8.67. The summed E-state index contributed by atoms with van der Waals surface area (Å²) < 4.78 is 5.40. The van der Waals surface area contributed by atoms with Crippen LogP contribution in [-0.2, 0) is 4.74 Å². The van der Waals surface area contributed by atoms with Gasteiger partial charge in [-0.2, -0.15) is 4.98 Å². The van der Waals surface area contributed by atoms with Gasteiger partial charge in [-0.05, 0) is 37.6 Å². The molecule has 1 aromatic carbocycles. The van der Waals surface area contributed by atoms with E-state index in [1.54, 1.807) is 0 Å². The highest BCUT2D eigenvalue weighted by molar-refractivity contribution is 5.60. The Bertz CT molecular complexity index is 668. The molecule has 0 unspecified atom stereocenters. The van der Waals surface area contributed by atoms with Gasteiger partial charge in [0.05, 0.1) is 13.2 Å². The van der Waals surface area contributed by atoms with Crippen LogP contribution in [0, 0.1) is 6.92 Å². The number of hydrogen-bond donors (Lipinski definition) is 2. The van der Waals surface area contributed by atoms with Gasteiger partial charge in [-0.3, -0.25) is 0 Å². The third-order valence-corrected chi connectivity index (χ3v) is 4.19. The predicted molar refractivity (Wildman–Crippen MR) is 103 cm³/mol. The van der Waals surface area contributed by atoms with Crippen LogP contribution in [-0.4, -0.2) is 42.8 Å². The van der Waals surface area contributed by atoms with Crippen LogP contribution in [0.25, 0.3) is 0 Å². The van der Waals surface area contributed by atoms with Crippen molar-refractivity contribution in [3.63, 3.8) is 0 Å². The Labute approximate surface area is 149 Å². The van der Waals surface area contributed by atoms with Crippen molar-refractivity contribution >= 4 is 23.1 Å². The van der Waals surface area contributed by atoms with E-state index >= 15 is 0 Å². The number of ether oxygens (including phenoxy) is 1. The van der Waals surface area contributed by atoms with Crippen LogP contribution < -0.4 is 15.5 Å². The maximum absolute atomic E-state index is 5.40. The standard InChI is InChI=1S/C19H27N5O/c1-3-4-9-20-18-14-15(2)21-19(23-18)22-16-5-7-17(8-6-16)24-10-12-25-13-11-24/h5-8,14H,3-4,9-13H2,1-2H3,(H2,20,21,22,23). The van der Waals surface area contributed by atoms with E-state index in [1.165, 1.54) is 5.69 Å². The van der Waals surface area contributed by atoms with Crippen LogP contribution in [0.1, 0.15) is 25.5 Å². The van der Waals surface area contributed by atoms with Crippen molar-refractivity contribution in [2.45, 2.75) is 26.7 Å². The van der Waals surface area contributed by atoms with Crippen molar-refractivity contribution in [1.29, 1.82) is 0 Å². The molecule has 134 valence electrons. The van der Waals surface area contributed by atoms with Crippen molar-refractivity contribution in [3.05, 3.63) is 36.0 Å². The van der Waals surface area contributed by atoms with Gasteiger partial charge >= 0.3 is 0 Å². The molecule has 0 aliphatic carbocycles. The van der Waals surface area contributed by atoms with Gasteiger partial charge in [0, 0.05) is 42.8 Å². The molecule has 1 aliphatic heterocycles. The molecule has 0 spiro atoms. The van der Waals surface area contributed by atoms with Crippen molar-refractivity contribution < 1.29 is 4.74 Å². The monoisotopic (exact) mass is 341 g/mol. The molecule has 1 aromatic heterocycles. The van der Waals surface area contributed by atoms with Gasteiger partial charge in [0.2, 0.25) is 5.95 Å². The molecular weight excluding hydrogens is 314 g/mol. The Morgan fingerprint density at radius 3 is 2.60 bits per heavy atom. The van der Waals surface area contributed by atoms with E-state index in [0.717, 1.165) is 62.9 Å². The van der Waals surface area contributed by atoms with Gasteiger partial charge in [0.25, 0.3) is 0 Å². The summed E-state index contributed by atoms with van der Waals surface area (Å²) in [5, 5.41) is 6.66. The van der Waals surface area contributed by atoms with Gasteiger partial charge in [0.15, 0.2) is 0 Å². The number of nitrogens with one attached hydrogen (secondary N) is 2. The molecule has 2 aromatic rings. The van der Waals surface area contributed by atoms with Gasteiger partial charge in [0.1, 0.15) is 5.82 Å². The lowest BCUT2D eigenvalue weighted by Crippen LogP contribution is -2.36. The van der Waals surface area contributed by atoms with Gasteiger partial charge < -0.3 is 20.3 Å². The van der Waals surface area contributed by atoms with E-state index in [1.807, 2.05) is 13.0 Å². The van der Waals surface area contributed by atoms with Crippen LogP contribution >= 0.6 is 0 Å². The first kappa shape index (κ1) is 17.5. The summed E-state index contributed by atoms with van der Waals surface area (Å²) in [6.45, 7) is 8.58. The van der Waals surface area contributed by atoms with Gasteiger partial charge in [-0.1, -0.05) is 13.3 Å². The number of aromatic nitrogens is 2. The van der Waals surface area contributed by atoms with Crippen LogP contribution in [0.4, 0.5) is 23.1 Å². The first-order chi connectivity index (χ1) is 12.2. The number of morpholine rings is 1. The Morgan fingerprint density at radius 1 is 1.12 bits per heavy atom. The number of unbranched alkanes of at least 4 members (excludes halogenated alkanes) is 1. The Balaban J connectivity index is 1.65. The minimum atomic E-state index is 0.623. The lowest BCUT2D eigenvalue weighted by molar-refractivity contribution is 0.122. The summed E-state index contributed by atoms with van der Waals surface area (Å²) in [6.07, 6.45) is 2.30. The predicted octanol–water partition coefficient (Wildman–Crippen LogP) is 3.58. The molecule has 25 heavy (non-hydrogen) atoms. The maximum atomic E-state index is 5.40. The van der Waals surface area contributed by atoms with Crippen LogP contribution in [0.2, 0.25) is 0 Å². The molecule has 0 atom stereocenters. The zero-order valence-electron chi connectivity index (χ0n) is 15.1. The molecule has 1 fully saturated rings. The molecule has 2 heterocycles. The minimum Gasteiger partial charge on any atom is -0.378 e. The Kier molecular flexibility index (Phi) is 6.06. The molecule has 0 saturated carbocycles. The van der Waals surface area contributed by atoms with E-state index in [0.29, 0.717) is 5.95 Å². The van der Waals surface area contributed by atoms with Crippen molar-refractivity contribution in [2.75, 3.05) is 48.4 Å². The second-order valence-corrected chi connectivity index (χ2v) is 6.27. The molecule has 2 N–H and O–H groups in total. The van der Waals surface area contributed by atoms with E-state index in [-0.39, 0.29) is 0 Å². The lowest BCUT2D eigenvalue weighted by Gasteiger charge is -2.28. The molecule has 1 aliphatic rings. The number of anilines is 4. The quantitative estimate of drug-likeness (QED) is 0.751. The minimum absolute atomic E-state index is 0.623. The molecule has 0 amide bonds. The summed E-state index contributed by atoms with van der Waals surface area (Å²) in [6, 6.07) is 10.4. The number of benzene rings is 1. The number of rotatable bonds is 7. The van der Waals surface area contributed by atoms with Crippen molar-refractivity contribution in [3.8, 4) is 0 Å². The molecule has 0 radical (unpaired) electrons. The molecule has 0 bridgehead atoms. The largest absolute Gasteiger partial charge is 0.378 e. The van der Waals surface area contributed by atoms with Crippen LogP contribution in [0.3, 0.4) is 0 Å². The fourth-order valence-electron chi connectivity index (χ4n) is 2.81. The van der Waals surface area contributed by atoms with Crippen molar-refractivity contribution in [2.24, 2.45) is 0 Å². The Hall–Kier alpha value is -2.34. The van der Waals surface area contributed by atoms with Crippen molar-refractivity contribution in [1.82, 2.24) is 9.97 Å². The average molecular weight is 341 g/mol. The number of nitrogens with zero attached hydrogens (tertiary/aromatic N) is 3. The summed E-state index contributed by atoms with van der Waals surface area (Å²) in [7, 11) is 0. The first-order valence-corrected chi connectivity index (χ1v) is 9.04. The third-order valence-electron chi connectivity index (χ3n) is 4.19. The highest BCUT2D eigenvalue weighted by Crippen LogP contribution is 2.21. The van der Waals surface area contributed by atoms with Gasteiger partial charge in [-0.25, -0.2) is 4.98 Å². The zero-order valence-corrected chi connectivity index (χ0v) is 15.1. The molecule has 1 saturated heterocycles. The van der Waals surface area contributed by atoms with Gasteiger partial charge in [-0.15, -0.1) is 0 Å². The highest BCUT2D eigenvalue weighted by atomic mass is 16.5. The lowest BCUT2D eigenvalue weighted by atomic mass is 10.2. The topological polar surface area (TPSA) is 62.3 Å². The van der Waals surface area contributed by atoms with E-state index in [4.69, 9.17) is 4.74 Å². The molecular formula is C19H27N5O. The normalized spacial score (nSPS) is 14.4. The van der Waals surface area contributed by atoms with Crippen LogP contribution in [0.5, 0.6) is 0 Å². The number of aryl methyl sites for hydroxylation is 1. The third kappa shape index (κ3) is 5.06. The second-order valence-electron chi connectivity index (χ2n) is 6.27. The van der Waals surface area contributed by atoms with E-state index in [9.17, 15) is 0 Å². The molecule has 6 nitrogen and oxygen atoms in total. The van der Waals surface area contributed by atoms with Crippen LogP contribution in [0.15, 0.2) is 30.3 Å². The summed E-state index contributed by atoms with van der Waals surface area (Å²) in [5.74, 6) is 1.49. The fourth-order valence-corrected chi connectivity index (χ4v) is 2.81. The summed E-state index contributed by atoms with van der Waals surface area (Å²) in [4.78, 5) is 11.4. The molecule has 6 heteroatoms. The first-order valence-electron chi connectivity index (χ1n) is 9.04. The SMILES string of the molecule is CCCCNc1cc(C)nc(Nc2ccc(N3CCOCC3)cc2)n1. The average Bonchev–Trinajstić information content (AvgIpc) is 2.63. The highest BCUT2D eigenvalue weighted by Gasteiger charge is 2.11. The van der Waals surface area contributed by atoms with E-state index < -0.39 is 0 Å². The number of hydrogen-bond acceptors (Lipinski definition) is 6. The summed E-state index contributed by atoms with van der Waals surface area (Å²) >= 11 is 0. The zero-order chi connectivity index (χ0) is 17.5. The smallest absolute Gasteiger partial charge is 0.229 e. The van der Waals surface area contributed by atoms with E-state index in [2.05, 4.69) is 56.7 Å².